The predicted octanol–water partition coefficient (Wildman–Crippen LogP) is 0.570. The van der Waals surface area contributed by atoms with Gasteiger partial charge in [-0.15, -0.1) is 0 Å². The van der Waals surface area contributed by atoms with Crippen LogP contribution in [0.5, 0.6) is 0 Å². The predicted molar refractivity (Wildman–Crippen MR) is 64.4 cm³/mol. The summed E-state index contributed by atoms with van der Waals surface area (Å²) in [6, 6.07) is 1.55. The topological polar surface area (TPSA) is 103 Å². The van der Waals surface area contributed by atoms with Crippen molar-refractivity contribution >= 4 is 12.0 Å². The minimum Gasteiger partial charge on any atom is -0.480 e. The van der Waals surface area contributed by atoms with Crippen LogP contribution in [0.3, 0.4) is 0 Å². The summed E-state index contributed by atoms with van der Waals surface area (Å²) in [7, 11) is 0. The third-order valence-electron chi connectivity index (χ3n) is 3.13. The molecule has 2 heterocycles. The minimum atomic E-state index is -1.11. The highest BCUT2D eigenvalue weighted by Gasteiger charge is 2.39. The first-order valence-electron chi connectivity index (χ1n) is 6.00. The SMILES string of the molecule is CC(NC(=O)N1C[C@H](O)C[C@@H]1C(=O)O)c1ccco1. The van der Waals surface area contributed by atoms with Crippen molar-refractivity contribution in [3.8, 4) is 0 Å². The first kappa shape index (κ1) is 13.4. The molecular weight excluding hydrogens is 252 g/mol. The van der Waals surface area contributed by atoms with Crippen LogP contribution in [0.25, 0.3) is 0 Å². The van der Waals surface area contributed by atoms with Crippen molar-refractivity contribution in [1.82, 2.24) is 10.2 Å². The van der Waals surface area contributed by atoms with Crippen LogP contribution < -0.4 is 5.32 Å². The number of hydrogen-bond donors (Lipinski definition) is 3. The maximum absolute atomic E-state index is 12.0. The summed E-state index contributed by atoms with van der Waals surface area (Å²) in [4.78, 5) is 24.2. The molecule has 1 unspecified atom stereocenters. The van der Waals surface area contributed by atoms with Crippen molar-refractivity contribution in [3.05, 3.63) is 24.2 Å². The normalized spacial score (nSPS) is 24.2. The minimum absolute atomic E-state index is 0.0215. The molecule has 0 aliphatic carbocycles. The Morgan fingerprint density at radius 3 is 2.89 bits per heavy atom. The molecule has 7 heteroatoms. The Morgan fingerprint density at radius 2 is 2.32 bits per heavy atom. The number of amides is 2. The number of rotatable bonds is 3. The van der Waals surface area contributed by atoms with Gasteiger partial charge in [-0.1, -0.05) is 0 Å². The molecule has 1 aromatic rings. The lowest BCUT2D eigenvalue weighted by molar-refractivity contribution is -0.141. The van der Waals surface area contributed by atoms with Crippen molar-refractivity contribution in [2.75, 3.05) is 6.54 Å². The number of nitrogens with zero attached hydrogens (tertiary/aromatic N) is 1. The van der Waals surface area contributed by atoms with E-state index in [0.717, 1.165) is 4.90 Å². The van der Waals surface area contributed by atoms with E-state index >= 15 is 0 Å². The maximum atomic E-state index is 12.0. The average molecular weight is 268 g/mol. The van der Waals surface area contributed by atoms with Gasteiger partial charge in [-0.05, 0) is 19.1 Å². The highest BCUT2D eigenvalue weighted by atomic mass is 16.4. The zero-order valence-electron chi connectivity index (χ0n) is 10.4. The highest BCUT2D eigenvalue weighted by molar-refractivity contribution is 5.83. The number of carbonyl (C=O) groups excluding carboxylic acids is 1. The molecule has 1 aliphatic rings. The molecule has 2 amide bonds. The Morgan fingerprint density at radius 1 is 1.58 bits per heavy atom. The van der Waals surface area contributed by atoms with Crippen LogP contribution in [-0.2, 0) is 4.79 Å². The summed E-state index contributed by atoms with van der Waals surface area (Å²) in [5.41, 5.74) is 0. The third-order valence-corrected chi connectivity index (χ3v) is 3.13. The number of aliphatic hydroxyl groups is 1. The molecule has 1 saturated heterocycles. The van der Waals surface area contributed by atoms with Crippen LogP contribution in [0.15, 0.2) is 22.8 Å². The Kier molecular flexibility index (Phi) is 3.75. The van der Waals surface area contributed by atoms with E-state index in [9.17, 15) is 14.7 Å². The van der Waals surface area contributed by atoms with E-state index in [1.54, 1.807) is 19.1 Å². The van der Waals surface area contributed by atoms with E-state index < -0.39 is 24.1 Å². The fourth-order valence-corrected chi connectivity index (χ4v) is 2.15. The van der Waals surface area contributed by atoms with Gasteiger partial charge in [0.2, 0.25) is 0 Å². The molecular formula is C12H16N2O5. The lowest BCUT2D eigenvalue weighted by atomic mass is 10.2. The van der Waals surface area contributed by atoms with Crippen molar-refractivity contribution in [3.63, 3.8) is 0 Å². The van der Waals surface area contributed by atoms with Gasteiger partial charge in [0, 0.05) is 13.0 Å². The molecule has 104 valence electrons. The summed E-state index contributed by atoms with van der Waals surface area (Å²) in [6.45, 7) is 1.76. The van der Waals surface area contributed by atoms with Crippen molar-refractivity contribution in [1.29, 1.82) is 0 Å². The molecule has 1 aromatic heterocycles. The number of nitrogens with one attached hydrogen (secondary N) is 1. The van der Waals surface area contributed by atoms with E-state index in [1.165, 1.54) is 6.26 Å². The lowest BCUT2D eigenvalue weighted by Gasteiger charge is -2.23. The molecule has 0 spiro atoms. The van der Waals surface area contributed by atoms with Crippen molar-refractivity contribution in [2.24, 2.45) is 0 Å². The molecule has 0 bridgehead atoms. The Balaban J connectivity index is 2.01. The lowest BCUT2D eigenvalue weighted by Crippen LogP contribution is -2.46. The van der Waals surface area contributed by atoms with E-state index in [2.05, 4.69) is 5.32 Å². The first-order chi connectivity index (χ1) is 8.99. The van der Waals surface area contributed by atoms with Gasteiger partial charge in [0.05, 0.1) is 18.4 Å². The molecule has 3 atom stereocenters. The number of likely N-dealkylation sites (tertiary alicyclic amines) is 1. The van der Waals surface area contributed by atoms with Crippen LogP contribution in [0.1, 0.15) is 25.1 Å². The second kappa shape index (κ2) is 5.31. The molecule has 0 radical (unpaired) electrons. The van der Waals surface area contributed by atoms with Gasteiger partial charge in [0.25, 0.3) is 0 Å². The number of carboxylic acids is 1. The molecule has 2 rings (SSSR count). The molecule has 1 fully saturated rings. The molecule has 0 aromatic carbocycles. The Hall–Kier alpha value is -2.02. The maximum Gasteiger partial charge on any atom is 0.326 e. The van der Waals surface area contributed by atoms with Gasteiger partial charge >= 0.3 is 12.0 Å². The van der Waals surface area contributed by atoms with Crippen LogP contribution in [0.4, 0.5) is 4.79 Å². The molecule has 1 aliphatic heterocycles. The van der Waals surface area contributed by atoms with Crippen LogP contribution in [0, 0.1) is 0 Å². The quantitative estimate of drug-likeness (QED) is 0.743. The number of carbonyl (C=O) groups is 2. The fraction of sp³-hybridized carbons (Fsp3) is 0.500. The Labute approximate surface area is 109 Å². The number of hydrogen-bond acceptors (Lipinski definition) is 4. The average Bonchev–Trinajstić information content (AvgIpc) is 2.96. The van der Waals surface area contributed by atoms with Gasteiger partial charge in [-0.2, -0.15) is 0 Å². The van der Waals surface area contributed by atoms with Crippen molar-refractivity contribution < 1.29 is 24.2 Å². The molecule has 3 N–H and O–H groups in total. The van der Waals surface area contributed by atoms with E-state index in [1.807, 2.05) is 0 Å². The molecule has 7 nitrogen and oxygen atoms in total. The van der Waals surface area contributed by atoms with Crippen LogP contribution in [-0.4, -0.2) is 45.8 Å². The zero-order valence-corrected chi connectivity index (χ0v) is 10.4. The fourth-order valence-electron chi connectivity index (χ4n) is 2.15. The van der Waals surface area contributed by atoms with E-state index in [4.69, 9.17) is 9.52 Å². The summed E-state index contributed by atoms with van der Waals surface area (Å²) < 4.78 is 5.16. The van der Waals surface area contributed by atoms with Gasteiger partial charge in [0.15, 0.2) is 0 Å². The van der Waals surface area contributed by atoms with Gasteiger partial charge in [-0.25, -0.2) is 9.59 Å². The summed E-state index contributed by atoms with van der Waals surface area (Å²) in [6.07, 6.45) is 0.751. The van der Waals surface area contributed by atoms with E-state index in [0.29, 0.717) is 5.76 Å². The summed E-state index contributed by atoms with van der Waals surface area (Å²) in [5, 5.41) is 21.1. The Bertz CT molecular complexity index is 459. The molecule has 19 heavy (non-hydrogen) atoms. The number of urea groups is 1. The van der Waals surface area contributed by atoms with Gasteiger partial charge in [0.1, 0.15) is 11.8 Å². The number of β-amino-alcohol motifs (C(OH)–C–C–N with tert-alkyl or cyclic N) is 1. The van der Waals surface area contributed by atoms with Gasteiger partial charge in [-0.3, -0.25) is 0 Å². The standard InChI is InChI=1S/C12H16N2O5/c1-7(10-3-2-4-19-10)13-12(18)14-6-8(15)5-9(14)11(16)17/h2-4,7-9,15H,5-6H2,1H3,(H,13,18)(H,16,17)/t7?,8-,9-/m1/s1. The number of aliphatic hydroxyl groups excluding tert-OH is 1. The van der Waals surface area contributed by atoms with Crippen LogP contribution >= 0.6 is 0 Å². The van der Waals surface area contributed by atoms with E-state index in [-0.39, 0.29) is 19.0 Å². The number of furan rings is 1. The second-order valence-electron chi connectivity index (χ2n) is 4.58. The third kappa shape index (κ3) is 2.87. The second-order valence-corrected chi connectivity index (χ2v) is 4.58. The van der Waals surface area contributed by atoms with Crippen LogP contribution in [0.2, 0.25) is 0 Å². The molecule has 0 saturated carbocycles. The highest BCUT2D eigenvalue weighted by Crippen LogP contribution is 2.20. The smallest absolute Gasteiger partial charge is 0.326 e. The summed E-state index contributed by atoms with van der Waals surface area (Å²) in [5.74, 6) is -0.530. The zero-order chi connectivity index (χ0) is 14.0. The van der Waals surface area contributed by atoms with Crippen molar-refractivity contribution in [2.45, 2.75) is 31.5 Å². The summed E-state index contributed by atoms with van der Waals surface area (Å²) >= 11 is 0. The first-order valence-corrected chi connectivity index (χ1v) is 6.00. The largest absolute Gasteiger partial charge is 0.480 e. The number of carboxylic acid groups (broad SMARTS) is 1. The number of aliphatic carboxylic acids is 1. The monoisotopic (exact) mass is 268 g/mol. The van der Waals surface area contributed by atoms with Gasteiger partial charge < -0.3 is 24.8 Å².